The van der Waals surface area contributed by atoms with Crippen molar-refractivity contribution in [2.24, 2.45) is 4.99 Å². The Morgan fingerprint density at radius 1 is 1.32 bits per heavy atom. The van der Waals surface area contributed by atoms with Crippen LogP contribution >= 0.6 is 23.2 Å². The van der Waals surface area contributed by atoms with Crippen molar-refractivity contribution >= 4 is 35.1 Å². The first-order valence-electron chi connectivity index (χ1n) is 7.16. The molecule has 3 N–H and O–H groups in total. The highest BCUT2D eigenvalue weighted by Crippen LogP contribution is 2.25. The van der Waals surface area contributed by atoms with Crippen molar-refractivity contribution in [1.82, 2.24) is 16.0 Å². The molecule has 1 amide bonds. The lowest BCUT2D eigenvalue weighted by Crippen LogP contribution is -2.44. The van der Waals surface area contributed by atoms with Crippen LogP contribution in [0, 0.1) is 0 Å². The summed E-state index contributed by atoms with van der Waals surface area (Å²) in [7, 11) is 1.65. The van der Waals surface area contributed by atoms with Gasteiger partial charge in [-0.05, 0) is 31.0 Å². The van der Waals surface area contributed by atoms with E-state index in [1.165, 1.54) is 0 Å². The van der Waals surface area contributed by atoms with E-state index in [9.17, 15) is 4.79 Å². The molecule has 122 valence electrons. The summed E-state index contributed by atoms with van der Waals surface area (Å²) in [6.07, 6.45) is 0.908. The lowest BCUT2D eigenvalue weighted by atomic mass is 10.1. The van der Waals surface area contributed by atoms with Gasteiger partial charge < -0.3 is 16.0 Å². The van der Waals surface area contributed by atoms with Crippen LogP contribution in [-0.2, 0) is 4.79 Å². The van der Waals surface area contributed by atoms with Gasteiger partial charge in [0, 0.05) is 23.6 Å². The van der Waals surface area contributed by atoms with Crippen LogP contribution in [0.2, 0.25) is 10.0 Å². The van der Waals surface area contributed by atoms with E-state index in [1.54, 1.807) is 19.2 Å². The normalized spacial score (nSPS) is 12.7. The van der Waals surface area contributed by atoms with Gasteiger partial charge in [0.15, 0.2) is 5.96 Å². The van der Waals surface area contributed by atoms with Crippen LogP contribution in [0.3, 0.4) is 0 Å². The van der Waals surface area contributed by atoms with Crippen molar-refractivity contribution < 1.29 is 4.79 Å². The molecule has 0 spiro atoms. The van der Waals surface area contributed by atoms with Crippen LogP contribution in [-0.4, -0.2) is 32.0 Å². The van der Waals surface area contributed by atoms with Crippen LogP contribution in [0.15, 0.2) is 23.2 Å². The number of carbonyl (C=O) groups is 1. The van der Waals surface area contributed by atoms with Gasteiger partial charge in [-0.3, -0.25) is 9.79 Å². The van der Waals surface area contributed by atoms with Gasteiger partial charge in [-0.1, -0.05) is 36.2 Å². The minimum Gasteiger partial charge on any atom is -0.355 e. The predicted molar refractivity (Wildman–Crippen MR) is 92.7 cm³/mol. The van der Waals surface area contributed by atoms with Crippen LogP contribution in [0.5, 0.6) is 0 Å². The molecule has 0 aliphatic carbocycles. The number of benzene rings is 1. The fraction of sp³-hybridized carbons (Fsp3) is 0.467. The molecule has 0 saturated carbocycles. The van der Waals surface area contributed by atoms with E-state index < -0.39 is 0 Å². The first-order valence-corrected chi connectivity index (χ1v) is 7.92. The Balaban J connectivity index is 2.57. The summed E-state index contributed by atoms with van der Waals surface area (Å²) in [6, 6.07) is 5.28. The van der Waals surface area contributed by atoms with E-state index in [0.717, 1.165) is 12.0 Å². The standard InChI is InChI=1S/C15H22Cl2N4O/c1-4-7-19-14(22)9-20-15(18-3)21-10(2)12-6-5-11(16)8-13(12)17/h5-6,8,10H,4,7,9H2,1-3H3,(H,19,22)(H2,18,20,21). The number of carbonyl (C=O) groups excluding carboxylic acids is 1. The van der Waals surface area contributed by atoms with Gasteiger partial charge in [0.1, 0.15) is 0 Å². The second-order valence-electron chi connectivity index (χ2n) is 4.81. The third-order valence-corrected chi connectivity index (χ3v) is 3.56. The van der Waals surface area contributed by atoms with Crippen LogP contribution in [0.4, 0.5) is 0 Å². The monoisotopic (exact) mass is 344 g/mol. The third-order valence-electron chi connectivity index (χ3n) is 2.99. The van der Waals surface area contributed by atoms with Gasteiger partial charge in [-0.2, -0.15) is 0 Å². The van der Waals surface area contributed by atoms with Crippen molar-refractivity contribution in [1.29, 1.82) is 0 Å². The molecule has 22 heavy (non-hydrogen) atoms. The maximum atomic E-state index is 11.6. The lowest BCUT2D eigenvalue weighted by Gasteiger charge is -2.19. The van der Waals surface area contributed by atoms with E-state index in [2.05, 4.69) is 20.9 Å². The highest BCUT2D eigenvalue weighted by atomic mass is 35.5. The summed E-state index contributed by atoms with van der Waals surface area (Å²) in [4.78, 5) is 15.7. The predicted octanol–water partition coefficient (Wildman–Crippen LogP) is 2.75. The number of guanidine groups is 1. The number of rotatable bonds is 6. The largest absolute Gasteiger partial charge is 0.355 e. The number of hydrogen-bond acceptors (Lipinski definition) is 2. The Labute approximate surface area is 141 Å². The molecule has 0 aliphatic heterocycles. The molecule has 5 nitrogen and oxygen atoms in total. The molecular formula is C15H22Cl2N4O. The number of aliphatic imine (C=N–C) groups is 1. The molecule has 0 saturated heterocycles. The zero-order chi connectivity index (χ0) is 16.5. The van der Waals surface area contributed by atoms with Crippen molar-refractivity contribution in [3.05, 3.63) is 33.8 Å². The molecule has 0 bridgehead atoms. The van der Waals surface area contributed by atoms with Gasteiger partial charge in [-0.25, -0.2) is 0 Å². The van der Waals surface area contributed by atoms with Gasteiger partial charge in [0.05, 0.1) is 12.6 Å². The Hall–Kier alpha value is -1.46. The summed E-state index contributed by atoms with van der Waals surface area (Å²) in [6.45, 7) is 4.80. The maximum absolute atomic E-state index is 11.6. The van der Waals surface area contributed by atoms with Crippen LogP contribution in [0.1, 0.15) is 31.9 Å². The molecule has 1 aromatic rings. The Morgan fingerprint density at radius 3 is 2.64 bits per heavy atom. The minimum atomic E-state index is -0.0744. The molecule has 1 aromatic carbocycles. The minimum absolute atomic E-state index is 0.0676. The fourth-order valence-electron chi connectivity index (χ4n) is 1.82. The number of hydrogen-bond donors (Lipinski definition) is 3. The molecule has 0 heterocycles. The van der Waals surface area contributed by atoms with Gasteiger partial charge in [0.25, 0.3) is 0 Å². The summed E-state index contributed by atoms with van der Waals surface area (Å²) in [5.41, 5.74) is 0.907. The quantitative estimate of drug-likeness (QED) is 0.549. The number of halogens is 2. The molecule has 0 radical (unpaired) electrons. The Bertz CT molecular complexity index is 534. The fourth-order valence-corrected chi connectivity index (χ4v) is 2.39. The molecule has 1 atom stereocenters. The number of nitrogens with zero attached hydrogens (tertiary/aromatic N) is 1. The van der Waals surface area contributed by atoms with Crippen molar-refractivity contribution in [2.75, 3.05) is 20.1 Å². The molecular weight excluding hydrogens is 323 g/mol. The number of amides is 1. The van der Waals surface area contributed by atoms with Crippen molar-refractivity contribution in [3.8, 4) is 0 Å². The summed E-state index contributed by atoms with van der Waals surface area (Å²) >= 11 is 12.1. The van der Waals surface area contributed by atoms with Crippen molar-refractivity contribution in [2.45, 2.75) is 26.3 Å². The van der Waals surface area contributed by atoms with Gasteiger partial charge >= 0.3 is 0 Å². The van der Waals surface area contributed by atoms with E-state index in [-0.39, 0.29) is 18.5 Å². The van der Waals surface area contributed by atoms with Crippen LogP contribution in [0.25, 0.3) is 0 Å². The smallest absolute Gasteiger partial charge is 0.239 e. The average Bonchev–Trinajstić information content (AvgIpc) is 2.48. The Kier molecular flexibility index (Phi) is 8.06. The molecule has 0 aromatic heterocycles. The summed E-state index contributed by atoms with van der Waals surface area (Å²) in [5, 5.41) is 10.1. The average molecular weight is 345 g/mol. The van der Waals surface area contributed by atoms with Gasteiger partial charge in [0.2, 0.25) is 5.91 Å². The Morgan fingerprint density at radius 2 is 2.05 bits per heavy atom. The lowest BCUT2D eigenvalue weighted by molar-refractivity contribution is -0.120. The van der Waals surface area contributed by atoms with Crippen LogP contribution < -0.4 is 16.0 Å². The molecule has 0 aliphatic rings. The molecule has 0 fully saturated rings. The maximum Gasteiger partial charge on any atom is 0.239 e. The third kappa shape index (κ3) is 6.12. The topological polar surface area (TPSA) is 65.5 Å². The second kappa shape index (κ2) is 9.54. The summed E-state index contributed by atoms with van der Waals surface area (Å²) < 4.78 is 0. The highest BCUT2D eigenvalue weighted by molar-refractivity contribution is 6.35. The highest BCUT2D eigenvalue weighted by Gasteiger charge is 2.12. The molecule has 1 rings (SSSR count). The zero-order valence-electron chi connectivity index (χ0n) is 13.0. The first kappa shape index (κ1) is 18.6. The zero-order valence-corrected chi connectivity index (χ0v) is 14.6. The first-order chi connectivity index (χ1) is 10.5. The van der Waals surface area contributed by atoms with Crippen molar-refractivity contribution in [3.63, 3.8) is 0 Å². The van der Waals surface area contributed by atoms with E-state index in [1.807, 2.05) is 19.9 Å². The van der Waals surface area contributed by atoms with E-state index in [4.69, 9.17) is 23.2 Å². The SMILES string of the molecule is CCCNC(=O)CNC(=NC)NC(C)c1ccc(Cl)cc1Cl. The molecule has 1 unspecified atom stereocenters. The van der Waals surface area contributed by atoms with E-state index >= 15 is 0 Å². The van der Waals surface area contributed by atoms with E-state index in [0.29, 0.717) is 22.5 Å². The molecule has 7 heteroatoms. The number of nitrogens with one attached hydrogen (secondary N) is 3. The second-order valence-corrected chi connectivity index (χ2v) is 5.65. The summed E-state index contributed by atoms with van der Waals surface area (Å²) in [5.74, 6) is 0.465. The van der Waals surface area contributed by atoms with Gasteiger partial charge in [-0.15, -0.1) is 0 Å².